The highest BCUT2D eigenvalue weighted by atomic mass is 16.5. The molecule has 1 aromatic carbocycles. The molecule has 0 heterocycles. The molecule has 0 bridgehead atoms. The minimum atomic E-state index is -1.65. The maximum atomic E-state index is 12.7. The van der Waals surface area contributed by atoms with Crippen LogP contribution in [0.1, 0.15) is 37.8 Å². The highest BCUT2D eigenvalue weighted by molar-refractivity contribution is 6.43. The van der Waals surface area contributed by atoms with Gasteiger partial charge in [-0.2, -0.15) is 0 Å². The number of hydrogen-bond acceptors (Lipinski definition) is 8. The Kier molecular flexibility index (Phi) is 12.0. The van der Waals surface area contributed by atoms with Gasteiger partial charge >= 0.3 is 7.12 Å². The van der Waals surface area contributed by atoms with Gasteiger partial charge in [0.2, 0.25) is 17.6 Å². The van der Waals surface area contributed by atoms with Crippen molar-refractivity contribution in [1.29, 1.82) is 0 Å². The summed E-state index contributed by atoms with van der Waals surface area (Å²) in [6.07, 6.45) is 2.16. The number of ether oxygens (including phenoxy) is 3. The van der Waals surface area contributed by atoms with E-state index in [0.717, 1.165) is 18.2 Å². The number of nitrogens with one attached hydrogen (secondary N) is 2. The predicted molar refractivity (Wildman–Crippen MR) is 124 cm³/mol. The lowest BCUT2D eigenvalue weighted by Crippen LogP contribution is -2.50. The molecule has 2 atom stereocenters. The third-order valence-corrected chi connectivity index (χ3v) is 5.46. The molecule has 2 amide bonds. The van der Waals surface area contributed by atoms with E-state index >= 15 is 0 Å². The first-order valence-corrected chi connectivity index (χ1v) is 10.9. The van der Waals surface area contributed by atoms with Gasteiger partial charge in [-0.1, -0.05) is 13.8 Å². The van der Waals surface area contributed by atoms with Crippen molar-refractivity contribution in [3.05, 3.63) is 17.2 Å². The van der Waals surface area contributed by atoms with Crippen molar-refractivity contribution >= 4 is 18.9 Å². The number of amides is 2. The van der Waals surface area contributed by atoms with Crippen LogP contribution in [0.25, 0.3) is 0 Å². The lowest BCUT2D eigenvalue weighted by Gasteiger charge is -2.27. The third kappa shape index (κ3) is 7.80. The number of benzene rings is 1. The van der Waals surface area contributed by atoms with Crippen molar-refractivity contribution in [2.45, 2.75) is 45.5 Å². The SMILES string of the molecule is CO.COc1cc2c(c(OC)c1OC)CCC(C(=O)NCC(=O)NC(CC(C)C)B(O)O)C2. The van der Waals surface area contributed by atoms with Crippen LogP contribution in [0.5, 0.6) is 17.2 Å². The zero-order valence-electron chi connectivity index (χ0n) is 20.3. The Balaban J connectivity index is 0.00000265. The Hall–Kier alpha value is -2.50. The first-order valence-electron chi connectivity index (χ1n) is 10.9. The van der Waals surface area contributed by atoms with Crippen molar-refractivity contribution in [3.63, 3.8) is 0 Å². The first-order chi connectivity index (χ1) is 15.7. The fourth-order valence-electron chi connectivity index (χ4n) is 3.97. The summed E-state index contributed by atoms with van der Waals surface area (Å²) in [7, 11) is 4.02. The average Bonchev–Trinajstić information content (AvgIpc) is 2.81. The van der Waals surface area contributed by atoms with Crippen molar-refractivity contribution < 1.29 is 39.0 Å². The van der Waals surface area contributed by atoms with Gasteiger partial charge in [0.15, 0.2) is 11.5 Å². The van der Waals surface area contributed by atoms with E-state index in [2.05, 4.69) is 10.6 Å². The van der Waals surface area contributed by atoms with E-state index in [1.54, 1.807) is 21.3 Å². The second-order valence-electron chi connectivity index (χ2n) is 8.16. The van der Waals surface area contributed by atoms with Gasteiger partial charge < -0.3 is 40.0 Å². The van der Waals surface area contributed by atoms with Crippen molar-refractivity contribution in [2.75, 3.05) is 35.0 Å². The van der Waals surface area contributed by atoms with Gasteiger partial charge in [-0.15, -0.1) is 0 Å². The molecule has 0 saturated heterocycles. The maximum Gasteiger partial charge on any atom is 0.475 e. The molecule has 2 rings (SSSR count). The highest BCUT2D eigenvalue weighted by Crippen LogP contribution is 2.45. The van der Waals surface area contributed by atoms with E-state index in [9.17, 15) is 19.6 Å². The molecule has 0 saturated carbocycles. The van der Waals surface area contributed by atoms with Gasteiger partial charge in [-0.05, 0) is 43.2 Å². The minimum Gasteiger partial charge on any atom is -0.493 e. The lowest BCUT2D eigenvalue weighted by atomic mass is 9.75. The van der Waals surface area contributed by atoms with Gasteiger partial charge in [0.05, 0.1) is 33.8 Å². The molecule has 10 nitrogen and oxygen atoms in total. The topological polar surface area (TPSA) is 147 Å². The Morgan fingerprint density at radius 3 is 2.27 bits per heavy atom. The second-order valence-corrected chi connectivity index (χ2v) is 8.16. The monoisotopic (exact) mass is 468 g/mol. The molecule has 186 valence electrons. The van der Waals surface area contributed by atoms with Crippen LogP contribution >= 0.6 is 0 Å². The summed E-state index contributed by atoms with van der Waals surface area (Å²) in [6, 6.07) is 1.86. The molecular weight excluding hydrogens is 431 g/mol. The van der Waals surface area contributed by atoms with Crippen LogP contribution in [0.2, 0.25) is 0 Å². The van der Waals surface area contributed by atoms with E-state index in [1.807, 2.05) is 19.9 Å². The fourth-order valence-corrected chi connectivity index (χ4v) is 3.97. The number of fused-ring (bicyclic) bond motifs is 1. The summed E-state index contributed by atoms with van der Waals surface area (Å²) in [4.78, 5) is 24.8. The van der Waals surface area contributed by atoms with Gasteiger partial charge in [0.1, 0.15) is 0 Å². The summed E-state index contributed by atoms with van der Waals surface area (Å²) in [5.41, 5.74) is 1.95. The maximum absolute atomic E-state index is 12.7. The van der Waals surface area contributed by atoms with E-state index in [1.165, 1.54) is 0 Å². The van der Waals surface area contributed by atoms with Crippen LogP contribution in [-0.2, 0) is 22.4 Å². The third-order valence-electron chi connectivity index (χ3n) is 5.46. The number of carbonyl (C=O) groups is 2. The number of rotatable bonds is 10. The van der Waals surface area contributed by atoms with E-state index in [-0.39, 0.29) is 24.3 Å². The van der Waals surface area contributed by atoms with E-state index in [0.29, 0.717) is 42.9 Å². The molecule has 1 aliphatic rings. The standard InChI is InChI=1S/C21H33BN2O7.CH4O/c1-12(2)8-17(22(27)28)24-18(25)11-23-21(26)13-6-7-15-14(9-13)10-16(29-3)20(31-5)19(15)30-4;1-2/h10,12-13,17,27-28H,6-9,11H2,1-5H3,(H,23,26)(H,24,25);2H,1H3. The molecule has 0 spiro atoms. The molecule has 2 unspecified atom stereocenters. The van der Waals surface area contributed by atoms with Gasteiger partial charge in [-0.25, -0.2) is 0 Å². The van der Waals surface area contributed by atoms with Gasteiger partial charge in [0, 0.05) is 18.6 Å². The smallest absolute Gasteiger partial charge is 0.475 e. The van der Waals surface area contributed by atoms with E-state index in [4.69, 9.17) is 19.3 Å². The Bertz CT molecular complexity index is 788. The lowest BCUT2D eigenvalue weighted by molar-refractivity contribution is -0.129. The van der Waals surface area contributed by atoms with Crippen LogP contribution in [0.4, 0.5) is 0 Å². The highest BCUT2D eigenvalue weighted by Gasteiger charge is 2.31. The number of carbonyl (C=O) groups excluding carboxylic acids is 2. The molecular formula is C22H37BN2O8. The van der Waals surface area contributed by atoms with Crippen LogP contribution in [0.3, 0.4) is 0 Å². The van der Waals surface area contributed by atoms with Gasteiger partial charge in [-0.3, -0.25) is 9.59 Å². The first kappa shape index (κ1) is 28.5. The Morgan fingerprint density at radius 1 is 1.12 bits per heavy atom. The van der Waals surface area contributed by atoms with Crippen molar-refractivity contribution in [3.8, 4) is 17.2 Å². The molecule has 33 heavy (non-hydrogen) atoms. The molecule has 0 fully saturated rings. The molecule has 5 N–H and O–H groups in total. The largest absolute Gasteiger partial charge is 0.493 e. The number of aliphatic hydroxyl groups excluding tert-OH is 1. The summed E-state index contributed by atoms with van der Waals surface area (Å²) in [5, 5.41) is 31.1. The second kappa shape index (κ2) is 13.9. The molecule has 11 heteroatoms. The van der Waals surface area contributed by atoms with Crippen LogP contribution in [-0.4, -0.2) is 75.0 Å². The normalized spacial score (nSPS) is 15.4. The molecule has 0 aliphatic heterocycles. The van der Waals surface area contributed by atoms with Crippen LogP contribution in [0.15, 0.2) is 6.07 Å². The summed E-state index contributed by atoms with van der Waals surface area (Å²) in [5.74, 6) is 0.114. The molecule has 0 aromatic heterocycles. The quantitative estimate of drug-likeness (QED) is 0.304. The summed E-state index contributed by atoms with van der Waals surface area (Å²) in [6.45, 7) is 3.62. The van der Waals surface area contributed by atoms with Crippen LogP contribution < -0.4 is 24.8 Å². The van der Waals surface area contributed by atoms with E-state index < -0.39 is 19.0 Å². The van der Waals surface area contributed by atoms with Crippen LogP contribution in [0, 0.1) is 11.8 Å². The molecule has 1 aliphatic carbocycles. The van der Waals surface area contributed by atoms with Gasteiger partial charge in [0.25, 0.3) is 0 Å². The zero-order chi connectivity index (χ0) is 25.1. The molecule has 0 radical (unpaired) electrons. The van der Waals surface area contributed by atoms with Crippen molar-refractivity contribution in [1.82, 2.24) is 10.6 Å². The minimum absolute atomic E-state index is 0.177. The fraction of sp³-hybridized carbons (Fsp3) is 0.636. The summed E-state index contributed by atoms with van der Waals surface area (Å²) < 4.78 is 16.4. The zero-order valence-corrected chi connectivity index (χ0v) is 20.3. The Labute approximate surface area is 195 Å². The predicted octanol–water partition coefficient (Wildman–Crippen LogP) is 0.0849. The Morgan fingerprint density at radius 2 is 1.76 bits per heavy atom. The number of methoxy groups -OCH3 is 3. The number of aliphatic hydroxyl groups is 1. The van der Waals surface area contributed by atoms with Crippen molar-refractivity contribution in [2.24, 2.45) is 11.8 Å². The molecule has 1 aromatic rings. The summed E-state index contributed by atoms with van der Waals surface area (Å²) >= 11 is 0. The average molecular weight is 468 g/mol. The number of hydrogen-bond donors (Lipinski definition) is 5.